The predicted molar refractivity (Wildman–Crippen MR) is 67.7 cm³/mol. The largest absolute Gasteiger partial charge is 0.487 e. The van der Waals surface area contributed by atoms with E-state index in [9.17, 15) is 4.39 Å². The number of benzene rings is 1. The van der Waals surface area contributed by atoms with Gasteiger partial charge in [0.05, 0.1) is 11.2 Å². The first-order valence-corrected chi connectivity index (χ1v) is 6.01. The van der Waals surface area contributed by atoms with Crippen molar-refractivity contribution in [2.75, 3.05) is 0 Å². The lowest BCUT2D eigenvalue weighted by Crippen LogP contribution is -1.99. The fraction of sp³-hybridized carbons (Fsp3) is 0.0833. The van der Waals surface area contributed by atoms with E-state index in [0.717, 1.165) is 4.60 Å². The Balaban J connectivity index is 2.07. The Kier molecular flexibility index (Phi) is 3.97. The quantitative estimate of drug-likeness (QED) is 0.791. The number of rotatable bonds is 3. The third-order valence-corrected chi connectivity index (χ3v) is 2.89. The van der Waals surface area contributed by atoms with Crippen LogP contribution >= 0.6 is 27.5 Å². The molecule has 5 heteroatoms. The molecule has 0 unspecified atom stereocenters. The van der Waals surface area contributed by atoms with Crippen LogP contribution in [0.3, 0.4) is 0 Å². The molecule has 0 saturated carbocycles. The van der Waals surface area contributed by atoms with E-state index in [4.69, 9.17) is 16.3 Å². The van der Waals surface area contributed by atoms with Gasteiger partial charge >= 0.3 is 0 Å². The first-order chi connectivity index (χ1) is 8.16. The van der Waals surface area contributed by atoms with E-state index in [0.29, 0.717) is 11.3 Å². The SMILES string of the molecule is Fc1c(Cl)cccc1COc1ccc(Br)nc1. The monoisotopic (exact) mass is 315 g/mol. The summed E-state index contributed by atoms with van der Waals surface area (Å²) in [5.74, 6) is 0.131. The molecule has 88 valence electrons. The molecule has 2 aromatic rings. The highest BCUT2D eigenvalue weighted by molar-refractivity contribution is 9.10. The van der Waals surface area contributed by atoms with E-state index >= 15 is 0 Å². The summed E-state index contributed by atoms with van der Waals surface area (Å²) in [5.41, 5.74) is 0.417. The van der Waals surface area contributed by atoms with Crippen LogP contribution in [0.5, 0.6) is 5.75 Å². The highest BCUT2D eigenvalue weighted by Gasteiger charge is 2.06. The third-order valence-electron chi connectivity index (χ3n) is 2.13. The first-order valence-electron chi connectivity index (χ1n) is 4.84. The van der Waals surface area contributed by atoms with E-state index in [1.807, 2.05) is 0 Å². The standard InChI is InChI=1S/C12H8BrClFNO/c13-11-5-4-9(6-16-11)17-7-8-2-1-3-10(14)12(8)15/h1-6H,7H2. The maximum Gasteiger partial charge on any atom is 0.148 e. The van der Waals surface area contributed by atoms with Crippen LogP contribution in [0.15, 0.2) is 41.1 Å². The van der Waals surface area contributed by atoms with Crippen molar-refractivity contribution in [1.29, 1.82) is 0 Å². The molecular formula is C12H8BrClFNO. The van der Waals surface area contributed by atoms with Crippen molar-refractivity contribution in [1.82, 2.24) is 4.98 Å². The molecule has 0 saturated heterocycles. The van der Waals surface area contributed by atoms with Gasteiger partial charge in [0.15, 0.2) is 0 Å². The number of pyridine rings is 1. The summed E-state index contributed by atoms with van der Waals surface area (Å²) >= 11 is 8.89. The average molecular weight is 317 g/mol. The maximum atomic E-state index is 13.5. The fourth-order valence-electron chi connectivity index (χ4n) is 1.27. The molecular weight excluding hydrogens is 308 g/mol. The summed E-state index contributed by atoms with van der Waals surface area (Å²) in [6, 6.07) is 8.32. The van der Waals surface area contributed by atoms with Crippen LogP contribution in [-0.4, -0.2) is 4.98 Å². The lowest BCUT2D eigenvalue weighted by Gasteiger charge is -2.07. The van der Waals surface area contributed by atoms with Gasteiger partial charge in [0.2, 0.25) is 0 Å². The van der Waals surface area contributed by atoms with Gasteiger partial charge in [-0.05, 0) is 34.1 Å². The number of halogens is 3. The molecule has 0 amide bonds. The Morgan fingerprint density at radius 1 is 1.29 bits per heavy atom. The molecule has 0 atom stereocenters. The molecule has 17 heavy (non-hydrogen) atoms. The second-order valence-corrected chi connectivity index (χ2v) is 4.54. The minimum Gasteiger partial charge on any atom is -0.487 e. The van der Waals surface area contributed by atoms with Crippen LogP contribution in [0.25, 0.3) is 0 Å². The van der Waals surface area contributed by atoms with Crippen LogP contribution in [0.4, 0.5) is 4.39 Å². The summed E-state index contributed by atoms with van der Waals surface area (Å²) < 4.78 is 19.7. The lowest BCUT2D eigenvalue weighted by molar-refractivity contribution is 0.298. The summed E-state index contributed by atoms with van der Waals surface area (Å²) in [4.78, 5) is 4.00. The van der Waals surface area contributed by atoms with E-state index in [-0.39, 0.29) is 11.6 Å². The van der Waals surface area contributed by atoms with Crippen molar-refractivity contribution >= 4 is 27.5 Å². The van der Waals surface area contributed by atoms with E-state index in [1.165, 1.54) is 6.07 Å². The smallest absolute Gasteiger partial charge is 0.148 e. The molecule has 0 aliphatic rings. The van der Waals surface area contributed by atoms with E-state index in [1.54, 1.807) is 30.5 Å². The molecule has 0 N–H and O–H groups in total. The normalized spacial score (nSPS) is 10.3. The predicted octanol–water partition coefficient (Wildman–Crippen LogP) is 4.22. The Labute approximate surface area is 112 Å². The molecule has 0 aliphatic heterocycles. The van der Waals surface area contributed by atoms with Crippen molar-refractivity contribution in [3.8, 4) is 5.75 Å². The molecule has 1 aromatic carbocycles. The Morgan fingerprint density at radius 2 is 2.12 bits per heavy atom. The van der Waals surface area contributed by atoms with Gasteiger partial charge in [-0.25, -0.2) is 9.37 Å². The maximum absolute atomic E-state index is 13.5. The van der Waals surface area contributed by atoms with Crippen LogP contribution in [0, 0.1) is 5.82 Å². The van der Waals surface area contributed by atoms with Crippen molar-refractivity contribution in [2.45, 2.75) is 6.61 Å². The molecule has 1 heterocycles. The molecule has 0 radical (unpaired) electrons. The van der Waals surface area contributed by atoms with Gasteiger partial charge in [-0.1, -0.05) is 23.7 Å². The molecule has 0 aliphatic carbocycles. The Hall–Kier alpha value is -1.13. The van der Waals surface area contributed by atoms with Crippen molar-refractivity contribution in [2.24, 2.45) is 0 Å². The first kappa shape index (κ1) is 12.3. The summed E-state index contributed by atoms with van der Waals surface area (Å²) in [5, 5.41) is 0.0973. The van der Waals surface area contributed by atoms with Crippen LogP contribution in [0.2, 0.25) is 5.02 Å². The zero-order valence-corrected chi connectivity index (χ0v) is 11.0. The number of nitrogens with zero attached hydrogens (tertiary/aromatic N) is 1. The third kappa shape index (κ3) is 3.17. The van der Waals surface area contributed by atoms with Gasteiger partial charge in [-0.15, -0.1) is 0 Å². The highest BCUT2D eigenvalue weighted by Crippen LogP contribution is 2.20. The molecule has 2 rings (SSSR count). The zero-order chi connectivity index (χ0) is 12.3. The molecule has 0 bridgehead atoms. The van der Waals surface area contributed by atoms with Crippen LogP contribution in [0.1, 0.15) is 5.56 Å². The van der Waals surface area contributed by atoms with E-state index < -0.39 is 5.82 Å². The van der Waals surface area contributed by atoms with Gasteiger partial charge in [0, 0.05) is 5.56 Å². The second kappa shape index (κ2) is 5.47. The van der Waals surface area contributed by atoms with Gasteiger partial charge < -0.3 is 4.74 Å². The van der Waals surface area contributed by atoms with Gasteiger partial charge in [-0.3, -0.25) is 0 Å². The second-order valence-electron chi connectivity index (χ2n) is 3.32. The van der Waals surface area contributed by atoms with Crippen molar-refractivity contribution in [3.63, 3.8) is 0 Å². The fourth-order valence-corrected chi connectivity index (χ4v) is 1.70. The summed E-state index contributed by atoms with van der Waals surface area (Å²) in [6.07, 6.45) is 1.56. The minimum atomic E-state index is -0.445. The van der Waals surface area contributed by atoms with E-state index in [2.05, 4.69) is 20.9 Å². The summed E-state index contributed by atoms with van der Waals surface area (Å²) in [6.45, 7) is 0.121. The molecule has 0 fully saturated rings. The van der Waals surface area contributed by atoms with Gasteiger partial charge in [0.25, 0.3) is 0 Å². The molecule has 0 spiro atoms. The Morgan fingerprint density at radius 3 is 2.82 bits per heavy atom. The van der Waals surface area contributed by atoms with Crippen molar-refractivity contribution in [3.05, 3.63) is 57.5 Å². The number of ether oxygens (including phenoxy) is 1. The highest BCUT2D eigenvalue weighted by atomic mass is 79.9. The zero-order valence-electron chi connectivity index (χ0n) is 8.66. The van der Waals surface area contributed by atoms with Crippen molar-refractivity contribution < 1.29 is 9.13 Å². The van der Waals surface area contributed by atoms with Gasteiger partial charge in [-0.2, -0.15) is 0 Å². The number of hydrogen-bond donors (Lipinski definition) is 0. The topological polar surface area (TPSA) is 22.1 Å². The number of aromatic nitrogens is 1. The summed E-state index contributed by atoms with van der Waals surface area (Å²) in [7, 11) is 0. The molecule has 2 nitrogen and oxygen atoms in total. The molecule has 1 aromatic heterocycles. The minimum absolute atomic E-state index is 0.0973. The van der Waals surface area contributed by atoms with Crippen LogP contribution < -0.4 is 4.74 Å². The lowest BCUT2D eigenvalue weighted by atomic mass is 10.2. The van der Waals surface area contributed by atoms with Crippen LogP contribution in [-0.2, 0) is 6.61 Å². The average Bonchev–Trinajstić information content (AvgIpc) is 2.33. The van der Waals surface area contributed by atoms with Gasteiger partial charge in [0.1, 0.15) is 22.8 Å². The number of hydrogen-bond acceptors (Lipinski definition) is 2. The Bertz CT molecular complexity index is 518.